The number of ether oxygens (including phenoxy) is 6. The third kappa shape index (κ3) is 14.2. The van der Waals surface area contributed by atoms with Gasteiger partial charge in [0.05, 0.1) is 46.2 Å². The first-order chi connectivity index (χ1) is 9.85. The number of hydrogen-bond donors (Lipinski definition) is 0. The minimum atomic E-state index is -0.314. The fourth-order valence-corrected chi connectivity index (χ4v) is 1.32. The molecule has 20 heavy (non-hydrogen) atoms. The highest BCUT2D eigenvalue weighted by molar-refractivity contribution is 4.39. The second-order valence-corrected chi connectivity index (χ2v) is 4.17. The van der Waals surface area contributed by atoms with Crippen LogP contribution in [0.2, 0.25) is 0 Å². The average Bonchev–Trinajstić information content (AvgIpc) is 2.48. The van der Waals surface area contributed by atoms with Gasteiger partial charge in [-0.25, -0.2) is 0 Å². The summed E-state index contributed by atoms with van der Waals surface area (Å²) in [4.78, 5) is 0. The first-order valence-corrected chi connectivity index (χ1v) is 7.21. The van der Waals surface area contributed by atoms with E-state index in [2.05, 4.69) is 6.92 Å². The molecule has 0 spiro atoms. The van der Waals surface area contributed by atoms with Crippen molar-refractivity contribution in [1.29, 1.82) is 0 Å². The molecule has 0 unspecified atom stereocenters. The Morgan fingerprint density at radius 1 is 0.650 bits per heavy atom. The highest BCUT2D eigenvalue weighted by atomic mass is 16.7. The van der Waals surface area contributed by atoms with Crippen molar-refractivity contribution in [3.63, 3.8) is 0 Å². The van der Waals surface area contributed by atoms with E-state index in [-0.39, 0.29) is 6.29 Å². The Hall–Kier alpha value is -0.240. The minimum Gasteiger partial charge on any atom is -0.379 e. The van der Waals surface area contributed by atoms with Gasteiger partial charge in [0.1, 0.15) is 0 Å². The van der Waals surface area contributed by atoms with E-state index >= 15 is 0 Å². The van der Waals surface area contributed by atoms with Gasteiger partial charge in [-0.3, -0.25) is 0 Å². The summed E-state index contributed by atoms with van der Waals surface area (Å²) in [6, 6.07) is 0. The molecule has 0 N–H and O–H groups in total. The fraction of sp³-hybridized carbons (Fsp3) is 1.00. The Kier molecular flexibility index (Phi) is 16.6. The molecule has 0 aromatic carbocycles. The van der Waals surface area contributed by atoms with E-state index in [9.17, 15) is 0 Å². The topological polar surface area (TPSA) is 55.4 Å². The molecule has 6 heteroatoms. The van der Waals surface area contributed by atoms with Gasteiger partial charge in [-0.05, 0) is 6.42 Å². The molecule has 0 aromatic rings. The SMILES string of the molecule is CCCCOCCOCCOCCOCC(OC)OC. The highest BCUT2D eigenvalue weighted by Gasteiger charge is 2.03. The Labute approximate surface area is 122 Å². The third-order valence-corrected chi connectivity index (χ3v) is 2.54. The molecule has 0 saturated heterocycles. The van der Waals surface area contributed by atoms with Crippen LogP contribution in [0.5, 0.6) is 0 Å². The fourth-order valence-electron chi connectivity index (χ4n) is 1.32. The molecule has 0 radical (unpaired) electrons. The summed E-state index contributed by atoms with van der Waals surface area (Å²) in [5.74, 6) is 0. The standard InChI is InChI=1S/C14H30O6/c1-4-5-6-17-7-8-18-9-10-19-11-12-20-13-14(15-2)16-3/h14H,4-13H2,1-3H3. The molecule has 0 aliphatic rings. The summed E-state index contributed by atoms with van der Waals surface area (Å²) >= 11 is 0. The maximum absolute atomic E-state index is 5.37. The third-order valence-electron chi connectivity index (χ3n) is 2.54. The Bertz CT molecular complexity index is 175. The predicted octanol–water partition coefficient (Wildman–Crippen LogP) is 1.47. The van der Waals surface area contributed by atoms with Crippen LogP contribution in [0.25, 0.3) is 0 Å². The van der Waals surface area contributed by atoms with Crippen LogP contribution in [0.15, 0.2) is 0 Å². The minimum absolute atomic E-state index is 0.314. The molecule has 0 saturated carbocycles. The molecular formula is C14H30O6. The van der Waals surface area contributed by atoms with Crippen LogP contribution >= 0.6 is 0 Å². The van der Waals surface area contributed by atoms with E-state index in [1.807, 2.05) is 0 Å². The number of rotatable bonds is 16. The molecule has 0 aliphatic carbocycles. The van der Waals surface area contributed by atoms with Crippen molar-refractivity contribution in [3.05, 3.63) is 0 Å². The van der Waals surface area contributed by atoms with Gasteiger partial charge in [0.2, 0.25) is 0 Å². The van der Waals surface area contributed by atoms with Gasteiger partial charge in [0, 0.05) is 20.8 Å². The van der Waals surface area contributed by atoms with E-state index in [0.717, 1.165) is 19.4 Å². The normalized spacial score (nSPS) is 11.4. The summed E-state index contributed by atoms with van der Waals surface area (Å²) in [6.45, 7) is 6.84. The Morgan fingerprint density at radius 2 is 1.10 bits per heavy atom. The lowest BCUT2D eigenvalue weighted by Gasteiger charge is -2.13. The molecular weight excluding hydrogens is 264 g/mol. The van der Waals surface area contributed by atoms with Gasteiger partial charge >= 0.3 is 0 Å². The average molecular weight is 294 g/mol. The second kappa shape index (κ2) is 16.8. The monoisotopic (exact) mass is 294 g/mol. The predicted molar refractivity (Wildman–Crippen MR) is 76.0 cm³/mol. The summed E-state index contributed by atoms with van der Waals surface area (Å²) < 4.78 is 31.4. The quantitative estimate of drug-likeness (QED) is 0.317. The summed E-state index contributed by atoms with van der Waals surface area (Å²) in [5.41, 5.74) is 0. The lowest BCUT2D eigenvalue weighted by atomic mass is 10.4. The Balaban J connectivity index is 3.02. The maximum Gasteiger partial charge on any atom is 0.180 e. The zero-order chi connectivity index (χ0) is 14.9. The molecule has 0 rings (SSSR count). The number of unbranched alkanes of at least 4 members (excludes halogenated alkanes) is 1. The van der Waals surface area contributed by atoms with Crippen molar-refractivity contribution in [2.75, 3.05) is 67.1 Å². The lowest BCUT2D eigenvalue weighted by Crippen LogP contribution is -2.21. The van der Waals surface area contributed by atoms with E-state index in [1.54, 1.807) is 14.2 Å². The van der Waals surface area contributed by atoms with Crippen molar-refractivity contribution in [3.8, 4) is 0 Å². The van der Waals surface area contributed by atoms with Gasteiger partial charge in [-0.2, -0.15) is 0 Å². The van der Waals surface area contributed by atoms with Crippen LogP contribution < -0.4 is 0 Å². The molecule has 122 valence electrons. The molecule has 0 amide bonds. The van der Waals surface area contributed by atoms with Crippen molar-refractivity contribution in [1.82, 2.24) is 0 Å². The van der Waals surface area contributed by atoms with Crippen molar-refractivity contribution < 1.29 is 28.4 Å². The van der Waals surface area contributed by atoms with Crippen molar-refractivity contribution >= 4 is 0 Å². The molecule has 0 bridgehead atoms. The van der Waals surface area contributed by atoms with Gasteiger partial charge in [0.15, 0.2) is 6.29 Å². The zero-order valence-electron chi connectivity index (χ0n) is 13.1. The second-order valence-electron chi connectivity index (χ2n) is 4.17. The largest absolute Gasteiger partial charge is 0.379 e. The van der Waals surface area contributed by atoms with E-state index < -0.39 is 0 Å². The van der Waals surface area contributed by atoms with Crippen LogP contribution in [0, 0.1) is 0 Å². The van der Waals surface area contributed by atoms with Crippen molar-refractivity contribution in [2.24, 2.45) is 0 Å². The first kappa shape index (κ1) is 19.8. The van der Waals surface area contributed by atoms with Crippen LogP contribution in [-0.4, -0.2) is 73.4 Å². The van der Waals surface area contributed by atoms with Crippen LogP contribution in [0.4, 0.5) is 0 Å². The van der Waals surface area contributed by atoms with E-state index in [0.29, 0.717) is 46.2 Å². The van der Waals surface area contributed by atoms with Crippen LogP contribution in [0.3, 0.4) is 0 Å². The van der Waals surface area contributed by atoms with Crippen LogP contribution in [0.1, 0.15) is 19.8 Å². The van der Waals surface area contributed by atoms with Crippen LogP contribution in [-0.2, 0) is 28.4 Å². The van der Waals surface area contributed by atoms with Gasteiger partial charge in [-0.15, -0.1) is 0 Å². The smallest absolute Gasteiger partial charge is 0.180 e. The maximum atomic E-state index is 5.37. The summed E-state index contributed by atoms with van der Waals surface area (Å²) in [5, 5.41) is 0. The lowest BCUT2D eigenvalue weighted by molar-refractivity contribution is -0.143. The summed E-state index contributed by atoms with van der Waals surface area (Å²) in [7, 11) is 3.16. The van der Waals surface area contributed by atoms with E-state index in [1.165, 1.54) is 0 Å². The van der Waals surface area contributed by atoms with Gasteiger partial charge in [-0.1, -0.05) is 13.3 Å². The van der Waals surface area contributed by atoms with Gasteiger partial charge < -0.3 is 28.4 Å². The summed E-state index contributed by atoms with van der Waals surface area (Å²) in [6.07, 6.45) is 1.95. The highest BCUT2D eigenvalue weighted by Crippen LogP contribution is 1.92. The molecule has 0 heterocycles. The molecule has 0 aliphatic heterocycles. The molecule has 0 atom stereocenters. The molecule has 6 nitrogen and oxygen atoms in total. The van der Waals surface area contributed by atoms with Crippen molar-refractivity contribution in [2.45, 2.75) is 26.1 Å². The zero-order valence-corrected chi connectivity index (χ0v) is 13.1. The Morgan fingerprint density at radius 3 is 1.55 bits per heavy atom. The number of methoxy groups -OCH3 is 2. The first-order valence-electron chi connectivity index (χ1n) is 7.21. The number of hydrogen-bond acceptors (Lipinski definition) is 6. The van der Waals surface area contributed by atoms with E-state index in [4.69, 9.17) is 28.4 Å². The molecule has 0 fully saturated rings. The van der Waals surface area contributed by atoms with Gasteiger partial charge in [0.25, 0.3) is 0 Å². The molecule has 0 aromatic heterocycles.